The fraction of sp³-hybridized carbons (Fsp3) is 0.409. The molecule has 1 aliphatic heterocycles. The Kier molecular flexibility index (Phi) is 5.97. The summed E-state index contributed by atoms with van der Waals surface area (Å²) in [5, 5.41) is 2.76. The number of sulfonamides is 1. The van der Waals surface area contributed by atoms with E-state index in [2.05, 4.69) is 5.32 Å². The van der Waals surface area contributed by atoms with Crippen molar-refractivity contribution in [3.8, 4) is 11.5 Å². The molecule has 1 N–H and O–H groups in total. The van der Waals surface area contributed by atoms with Crippen LogP contribution in [0, 0.1) is 0 Å². The third-order valence-corrected chi connectivity index (χ3v) is 7.61. The highest BCUT2D eigenvalue weighted by molar-refractivity contribution is 7.89. The van der Waals surface area contributed by atoms with Crippen LogP contribution in [0.2, 0.25) is 0 Å². The van der Waals surface area contributed by atoms with Crippen LogP contribution < -0.4 is 14.8 Å². The van der Waals surface area contributed by atoms with Crippen molar-refractivity contribution in [2.75, 3.05) is 19.0 Å². The van der Waals surface area contributed by atoms with Gasteiger partial charge in [0.1, 0.15) is 6.61 Å². The van der Waals surface area contributed by atoms with Crippen molar-refractivity contribution in [1.82, 2.24) is 4.31 Å². The molecule has 0 bridgehead atoms. The second-order valence-electron chi connectivity index (χ2n) is 7.69. The minimum Gasteiger partial charge on any atom is -0.485 e. The molecule has 0 radical (unpaired) electrons. The molecule has 0 saturated heterocycles. The summed E-state index contributed by atoms with van der Waals surface area (Å²) in [6, 6.07) is 13.5. The second-order valence-corrected chi connectivity index (χ2v) is 9.69. The van der Waals surface area contributed by atoms with Crippen LogP contribution in [-0.2, 0) is 14.8 Å². The van der Waals surface area contributed by atoms with E-state index in [1.807, 2.05) is 12.1 Å². The van der Waals surface area contributed by atoms with Crippen molar-refractivity contribution in [3.63, 3.8) is 0 Å². The molecule has 4 rings (SSSR count). The maximum atomic E-state index is 12.9. The van der Waals surface area contributed by atoms with Crippen LogP contribution in [-0.4, -0.2) is 44.4 Å². The van der Waals surface area contributed by atoms with Gasteiger partial charge >= 0.3 is 0 Å². The van der Waals surface area contributed by atoms with Gasteiger partial charge in [-0.3, -0.25) is 4.79 Å². The number of rotatable bonds is 5. The zero-order valence-corrected chi connectivity index (χ0v) is 17.7. The number of nitrogens with one attached hydrogen (secondary N) is 1. The van der Waals surface area contributed by atoms with E-state index >= 15 is 0 Å². The van der Waals surface area contributed by atoms with Crippen molar-refractivity contribution >= 4 is 21.6 Å². The van der Waals surface area contributed by atoms with Gasteiger partial charge in [-0.05, 0) is 49.2 Å². The lowest BCUT2D eigenvalue weighted by atomic mass is 9.96. The van der Waals surface area contributed by atoms with Crippen molar-refractivity contribution < 1.29 is 22.7 Å². The van der Waals surface area contributed by atoms with E-state index in [9.17, 15) is 13.2 Å². The van der Waals surface area contributed by atoms with E-state index in [4.69, 9.17) is 9.47 Å². The molecule has 2 aliphatic rings. The highest BCUT2D eigenvalue weighted by atomic mass is 32.2. The lowest BCUT2D eigenvalue weighted by molar-refractivity contribution is -0.125. The Morgan fingerprint density at radius 3 is 2.37 bits per heavy atom. The van der Waals surface area contributed by atoms with Crippen LogP contribution in [0.3, 0.4) is 0 Å². The van der Waals surface area contributed by atoms with Gasteiger partial charge in [0.05, 0.1) is 4.90 Å². The van der Waals surface area contributed by atoms with Crippen molar-refractivity contribution in [2.24, 2.45) is 0 Å². The van der Waals surface area contributed by atoms with Gasteiger partial charge in [-0.2, -0.15) is 4.31 Å². The van der Waals surface area contributed by atoms with Crippen molar-refractivity contribution in [3.05, 3.63) is 48.5 Å². The van der Waals surface area contributed by atoms with Crippen LogP contribution in [0.4, 0.5) is 5.69 Å². The van der Waals surface area contributed by atoms with Crippen LogP contribution in [0.5, 0.6) is 11.5 Å². The zero-order valence-electron chi connectivity index (χ0n) is 16.9. The molecule has 1 amide bonds. The Bertz CT molecular complexity index is 1000. The van der Waals surface area contributed by atoms with Gasteiger partial charge in [-0.1, -0.05) is 31.4 Å². The Balaban J connectivity index is 1.40. The molecular weight excluding hydrogens is 404 g/mol. The van der Waals surface area contributed by atoms with E-state index in [1.54, 1.807) is 31.3 Å². The maximum absolute atomic E-state index is 12.9. The average molecular weight is 431 g/mol. The zero-order chi connectivity index (χ0) is 21.1. The summed E-state index contributed by atoms with van der Waals surface area (Å²) < 4.78 is 38.6. The summed E-state index contributed by atoms with van der Waals surface area (Å²) in [4.78, 5) is 12.8. The number of hydrogen-bond donors (Lipinski definition) is 1. The Morgan fingerprint density at radius 1 is 1.00 bits per heavy atom. The maximum Gasteiger partial charge on any atom is 0.269 e. The van der Waals surface area contributed by atoms with E-state index in [0.29, 0.717) is 17.2 Å². The molecule has 7 nitrogen and oxygen atoms in total. The van der Waals surface area contributed by atoms with Crippen LogP contribution in [0.25, 0.3) is 0 Å². The number of fused-ring (bicyclic) bond motifs is 1. The molecule has 1 atom stereocenters. The average Bonchev–Trinajstić information content (AvgIpc) is 2.79. The first-order valence-corrected chi connectivity index (χ1v) is 11.7. The summed E-state index contributed by atoms with van der Waals surface area (Å²) in [5.41, 5.74) is 0.502. The van der Waals surface area contributed by atoms with E-state index in [0.717, 1.165) is 25.7 Å². The normalized spacial score (nSPS) is 19.5. The first-order valence-electron chi connectivity index (χ1n) is 10.2. The number of para-hydroxylation sites is 2. The number of nitrogens with zero attached hydrogens (tertiary/aromatic N) is 1. The minimum atomic E-state index is -3.56. The quantitative estimate of drug-likeness (QED) is 0.786. The molecular formula is C22H26N2O5S. The summed E-state index contributed by atoms with van der Waals surface area (Å²) in [7, 11) is -1.91. The van der Waals surface area contributed by atoms with E-state index in [1.165, 1.54) is 22.9 Å². The molecule has 1 fully saturated rings. The fourth-order valence-corrected chi connectivity index (χ4v) is 5.30. The fourth-order valence-electron chi connectivity index (χ4n) is 3.89. The highest BCUT2D eigenvalue weighted by Crippen LogP contribution is 2.31. The SMILES string of the molecule is CN(C1CCCCC1)S(=O)(=O)c1ccc(NC(=O)C2COc3ccccc3O2)cc1. The van der Waals surface area contributed by atoms with Crippen molar-refractivity contribution in [1.29, 1.82) is 0 Å². The predicted octanol–water partition coefficient (Wildman–Crippen LogP) is 3.42. The van der Waals surface area contributed by atoms with E-state index in [-0.39, 0.29) is 23.5 Å². The minimum absolute atomic E-state index is 0.0504. The molecule has 0 spiro atoms. The number of carbonyl (C=O) groups excluding carboxylic acids is 1. The van der Waals surface area contributed by atoms with Gasteiger partial charge < -0.3 is 14.8 Å². The number of hydrogen-bond acceptors (Lipinski definition) is 5. The third kappa shape index (κ3) is 4.29. The lowest BCUT2D eigenvalue weighted by Crippen LogP contribution is -2.40. The monoisotopic (exact) mass is 430 g/mol. The lowest BCUT2D eigenvalue weighted by Gasteiger charge is -2.30. The third-order valence-electron chi connectivity index (χ3n) is 5.69. The molecule has 1 heterocycles. The summed E-state index contributed by atoms with van der Waals surface area (Å²) >= 11 is 0. The number of amides is 1. The number of anilines is 1. The Morgan fingerprint density at radius 2 is 1.67 bits per heavy atom. The number of ether oxygens (including phenoxy) is 2. The topological polar surface area (TPSA) is 84.9 Å². The van der Waals surface area contributed by atoms with Gasteiger partial charge in [0.15, 0.2) is 11.5 Å². The van der Waals surface area contributed by atoms with Crippen molar-refractivity contribution in [2.45, 2.75) is 49.1 Å². The largest absolute Gasteiger partial charge is 0.485 e. The number of benzene rings is 2. The van der Waals surface area contributed by atoms with E-state index < -0.39 is 16.1 Å². The van der Waals surface area contributed by atoms with Gasteiger partial charge in [0.2, 0.25) is 16.1 Å². The summed E-state index contributed by atoms with van der Waals surface area (Å²) in [5.74, 6) is 0.786. The predicted molar refractivity (Wildman–Crippen MR) is 113 cm³/mol. The van der Waals surface area contributed by atoms with Crippen LogP contribution in [0.15, 0.2) is 53.4 Å². The molecule has 160 valence electrons. The number of carbonyl (C=O) groups is 1. The van der Waals surface area contributed by atoms with Crippen LogP contribution in [0.1, 0.15) is 32.1 Å². The molecule has 2 aromatic rings. The van der Waals surface area contributed by atoms with Gasteiger partial charge in [0, 0.05) is 18.8 Å². The van der Waals surface area contributed by atoms with Gasteiger partial charge in [0.25, 0.3) is 5.91 Å². The van der Waals surface area contributed by atoms with Crippen LogP contribution >= 0.6 is 0 Å². The molecule has 0 aromatic heterocycles. The molecule has 30 heavy (non-hydrogen) atoms. The smallest absolute Gasteiger partial charge is 0.269 e. The Labute approximate surface area is 177 Å². The first-order chi connectivity index (χ1) is 14.4. The Hall–Kier alpha value is -2.58. The summed E-state index contributed by atoms with van der Waals surface area (Å²) in [6.07, 6.45) is 4.31. The van der Waals surface area contributed by atoms with Gasteiger partial charge in [-0.25, -0.2) is 8.42 Å². The molecule has 1 saturated carbocycles. The molecule has 8 heteroatoms. The summed E-state index contributed by atoms with van der Waals surface area (Å²) in [6.45, 7) is 0.113. The first kappa shape index (κ1) is 20.7. The molecule has 1 aliphatic carbocycles. The van der Waals surface area contributed by atoms with Gasteiger partial charge in [-0.15, -0.1) is 0 Å². The highest BCUT2D eigenvalue weighted by Gasteiger charge is 2.30. The second kappa shape index (κ2) is 8.65. The molecule has 1 unspecified atom stereocenters. The standard InChI is InChI=1S/C22H26N2O5S/c1-24(17-7-3-2-4-8-17)30(26,27)18-13-11-16(12-14-18)23-22(25)21-15-28-19-9-5-6-10-20(19)29-21/h5-6,9-14,17,21H,2-4,7-8,15H2,1H3,(H,23,25). The molecule has 2 aromatic carbocycles.